The molecule has 1 amide bonds. The van der Waals surface area contributed by atoms with Crippen molar-refractivity contribution in [2.45, 2.75) is 6.92 Å². The van der Waals surface area contributed by atoms with Gasteiger partial charge in [0.05, 0.1) is 22.8 Å². The first-order valence-corrected chi connectivity index (χ1v) is 7.38. The fraction of sp³-hybridized carbons (Fsp3) is 0.125. The molecule has 2 N–H and O–H groups in total. The zero-order chi connectivity index (χ0) is 15.9. The maximum Gasteiger partial charge on any atom is 0.259 e. The van der Waals surface area contributed by atoms with Crippen molar-refractivity contribution in [3.05, 3.63) is 63.6 Å². The van der Waals surface area contributed by atoms with E-state index in [9.17, 15) is 4.79 Å². The molecule has 0 saturated carbocycles. The minimum atomic E-state index is -0.238. The van der Waals surface area contributed by atoms with Crippen LogP contribution in [0.1, 0.15) is 11.1 Å². The highest BCUT2D eigenvalue weighted by molar-refractivity contribution is 6.42. The fourth-order valence-electron chi connectivity index (χ4n) is 1.75. The Balaban J connectivity index is 1.82. The lowest BCUT2D eigenvalue weighted by atomic mass is 10.2. The molecule has 0 heterocycles. The molecule has 22 heavy (non-hydrogen) atoms. The van der Waals surface area contributed by atoms with Crippen molar-refractivity contribution < 1.29 is 4.79 Å². The molecule has 0 radical (unpaired) electrons. The number of aryl methyl sites for hydroxylation is 1. The number of nitrogens with one attached hydrogen (secondary N) is 2. The van der Waals surface area contributed by atoms with Gasteiger partial charge in [0.1, 0.15) is 0 Å². The molecule has 0 aliphatic heterocycles. The number of carbonyl (C=O) groups is 1. The summed E-state index contributed by atoms with van der Waals surface area (Å²) in [5.74, 6) is -0.238. The van der Waals surface area contributed by atoms with E-state index in [1.165, 1.54) is 6.21 Å². The molecule has 0 saturated heterocycles. The molecule has 2 rings (SSSR count). The third-order valence-corrected chi connectivity index (χ3v) is 3.56. The Kier molecular flexibility index (Phi) is 5.81. The van der Waals surface area contributed by atoms with E-state index in [1.807, 2.05) is 31.2 Å². The number of nitrogens with zero attached hydrogens (tertiary/aromatic N) is 1. The molecule has 0 aromatic heterocycles. The first kappa shape index (κ1) is 16.3. The quantitative estimate of drug-likeness (QED) is 0.643. The molecule has 0 unspecified atom stereocenters. The second-order valence-electron chi connectivity index (χ2n) is 4.69. The number of anilines is 1. The van der Waals surface area contributed by atoms with E-state index >= 15 is 0 Å². The molecule has 2 aromatic carbocycles. The number of hydrogen-bond acceptors (Lipinski definition) is 3. The Hall–Kier alpha value is -2.04. The van der Waals surface area contributed by atoms with E-state index in [0.717, 1.165) is 16.8 Å². The van der Waals surface area contributed by atoms with Crippen molar-refractivity contribution >= 4 is 41.0 Å². The van der Waals surface area contributed by atoms with Crippen molar-refractivity contribution in [3.8, 4) is 0 Å². The van der Waals surface area contributed by atoms with Crippen molar-refractivity contribution in [1.82, 2.24) is 5.43 Å². The van der Waals surface area contributed by atoms with E-state index in [-0.39, 0.29) is 12.5 Å². The number of hydrogen-bond donors (Lipinski definition) is 2. The highest BCUT2D eigenvalue weighted by Gasteiger charge is 2.00. The predicted octanol–water partition coefficient (Wildman–Crippen LogP) is 3.86. The van der Waals surface area contributed by atoms with Gasteiger partial charge in [-0.05, 0) is 42.3 Å². The molecule has 4 nitrogen and oxygen atoms in total. The highest BCUT2D eigenvalue weighted by Crippen LogP contribution is 2.21. The Bertz CT molecular complexity index is 702. The molecule has 6 heteroatoms. The van der Waals surface area contributed by atoms with Crippen LogP contribution >= 0.6 is 23.2 Å². The van der Waals surface area contributed by atoms with Gasteiger partial charge < -0.3 is 5.32 Å². The Morgan fingerprint density at radius 3 is 2.73 bits per heavy atom. The zero-order valence-electron chi connectivity index (χ0n) is 11.9. The van der Waals surface area contributed by atoms with E-state index in [4.69, 9.17) is 23.2 Å². The van der Waals surface area contributed by atoms with Crippen LogP contribution in [0.5, 0.6) is 0 Å². The number of rotatable bonds is 5. The van der Waals surface area contributed by atoms with Crippen molar-refractivity contribution in [3.63, 3.8) is 0 Å². The van der Waals surface area contributed by atoms with Crippen LogP contribution in [0.3, 0.4) is 0 Å². The van der Waals surface area contributed by atoms with Gasteiger partial charge in [-0.2, -0.15) is 5.10 Å². The first-order valence-electron chi connectivity index (χ1n) is 6.62. The molecule has 0 aliphatic rings. The van der Waals surface area contributed by atoms with Crippen molar-refractivity contribution in [2.75, 3.05) is 11.9 Å². The minimum Gasteiger partial charge on any atom is -0.376 e. The van der Waals surface area contributed by atoms with Gasteiger partial charge in [0.2, 0.25) is 0 Å². The van der Waals surface area contributed by atoms with Gasteiger partial charge in [-0.25, -0.2) is 5.43 Å². The van der Waals surface area contributed by atoms with Gasteiger partial charge in [-0.15, -0.1) is 0 Å². The van der Waals surface area contributed by atoms with Crippen LogP contribution in [-0.2, 0) is 4.79 Å². The number of amides is 1. The minimum absolute atomic E-state index is 0.141. The zero-order valence-corrected chi connectivity index (χ0v) is 13.4. The average Bonchev–Trinajstić information content (AvgIpc) is 2.49. The predicted molar refractivity (Wildman–Crippen MR) is 91.9 cm³/mol. The number of benzene rings is 2. The Morgan fingerprint density at radius 1 is 1.18 bits per heavy atom. The standard InChI is InChI=1S/C16H15Cl2N3O/c1-11-3-2-4-13(7-11)19-10-16(22)21-20-9-12-5-6-14(17)15(18)8-12/h2-9,19H,10H2,1H3,(H,21,22)/b20-9+. The fourth-order valence-corrected chi connectivity index (χ4v) is 2.05. The summed E-state index contributed by atoms with van der Waals surface area (Å²) in [6, 6.07) is 12.9. The third-order valence-electron chi connectivity index (χ3n) is 2.82. The van der Waals surface area contributed by atoms with E-state index in [2.05, 4.69) is 15.8 Å². The average molecular weight is 336 g/mol. The van der Waals surface area contributed by atoms with Crippen LogP contribution in [0.15, 0.2) is 47.6 Å². The van der Waals surface area contributed by atoms with Crippen molar-refractivity contribution in [1.29, 1.82) is 0 Å². The number of carbonyl (C=O) groups excluding carboxylic acids is 1. The topological polar surface area (TPSA) is 53.5 Å². The first-order chi connectivity index (χ1) is 10.5. The maximum absolute atomic E-state index is 11.7. The molecule has 0 spiro atoms. The Labute approximate surface area is 139 Å². The second-order valence-corrected chi connectivity index (χ2v) is 5.50. The van der Waals surface area contributed by atoms with Gasteiger partial charge in [-0.3, -0.25) is 4.79 Å². The lowest BCUT2D eigenvalue weighted by Gasteiger charge is -2.05. The van der Waals surface area contributed by atoms with Gasteiger partial charge in [0.15, 0.2) is 0 Å². The summed E-state index contributed by atoms with van der Waals surface area (Å²) in [7, 11) is 0. The maximum atomic E-state index is 11.7. The molecule has 0 aliphatic carbocycles. The third kappa shape index (κ3) is 5.06. The summed E-state index contributed by atoms with van der Waals surface area (Å²) in [5, 5.41) is 7.82. The molecule has 0 atom stereocenters. The molecule has 0 bridgehead atoms. The van der Waals surface area contributed by atoms with Crippen LogP contribution < -0.4 is 10.7 Å². The second kappa shape index (κ2) is 7.82. The Morgan fingerprint density at radius 2 is 2.00 bits per heavy atom. The summed E-state index contributed by atoms with van der Waals surface area (Å²) in [6.07, 6.45) is 1.51. The van der Waals surface area contributed by atoms with Gasteiger partial charge in [0, 0.05) is 5.69 Å². The lowest BCUT2D eigenvalue weighted by molar-refractivity contribution is -0.119. The molecule has 2 aromatic rings. The number of hydrazone groups is 1. The van der Waals surface area contributed by atoms with Crippen LogP contribution in [-0.4, -0.2) is 18.7 Å². The molecular weight excluding hydrogens is 321 g/mol. The van der Waals surface area contributed by atoms with E-state index in [1.54, 1.807) is 18.2 Å². The smallest absolute Gasteiger partial charge is 0.259 e. The largest absolute Gasteiger partial charge is 0.376 e. The van der Waals surface area contributed by atoms with Gasteiger partial charge >= 0.3 is 0 Å². The summed E-state index contributed by atoms with van der Waals surface area (Å²) >= 11 is 11.7. The molecule has 0 fully saturated rings. The van der Waals surface area contributed by atoms with Gasteiger partial charge in [0.25, 0.3) is 5.91 Å². The summed E-state index contributed by atoms with van der Waals surface area (Å²) < 4.78 is 0. The van der Waals surface area contributed by atoms with Crippen LogP contribution in [0.4, 0.5) is 5.69 Å². The molecular formula is C16H15Cl2N3O. The van der Waals surface area contributed by atoms with E-state index < -0.39 is 0 Å². The van der Waals surface area contributed by atoms with Crippen molar-refractivity contribution in [2.24, 2.45) is 5.10 Å². The SMILES string of the molecule is Cc1cccc(NCC(=O)N/N=C/c2ccc(Cl)c(Cl)c2)c1. The van der Waals surface area contributed by atoms with Gasteiger partial charge in [-0.1, -0.05) is 41.4 Å². The van der Waals surface area contributed by atoms with Crippen LogP contribution in [0.25, 0.3) is 0 Å². The van der Waals surface area contributed by atoms with E-state index in [0.29, 0.717) is 10.0 Å². The van der Waals surface area contributed by atoms with Crippen LogP contribution in [0.2, 0.25) is 10.0 Å². The summed E-state index contributed by atoms with van der Waals surface area (Å²) in [6.45, 7) is 2.13. The molecule has 114 valence electrons. The number of halogens is 2. The lowest BCUT2D eigenvalue weighted by Crippen LogP contribution is -2.25. The highest BCUT2D eigenvalue weighted by atomic mass is 35.5. The van der Waals surface area contributed by atoms with Crippen LogP contribution in [0, 0.1) is 6.92 Å². The summed E-state index contributed by atoms with van der Waals surface area (Å²) in [5.41, 5.74) is 5.21. The normalized spacial score (nSPS) is 10.7. The summed E-state index contributed by atoms with van der Waals surface area (Å²) in [4.78, 5) is 11.7. The monoisotopic (exact) mass is 335 g/mol.